The summed E-state index contributed by atoms with van der Waals surface area (Å²) in [6.07, 6.45) is -16.3. The maximum absolute atomic E-state index is 13.4. The third-order valence-corrected chi connectivity index (χ3v) is 9.66. The second-order valence-corrected chi connectivity index (χ2v) is 13.0. The van der Waals surface area contributed by atoms with Gasteiger partial charge in [-0.25, -0.2) is 9.59 Å². The molecule has 22 heteroatoms. The van der Waals surface area contributed by atoms with Gasteiger partial charge in [0.2, 0.25) is 12.6 Å². The fourth-order valence-electron chi connectivity index (χ4n) is 6.46. The first-order valence-electron chi connectivity index (χ1n) is 17.5. The van der Waals surface area contributed by atoms with Gasteiger partial charge in [-0.1, -0.05) is 6.08 Å². The number of esters is 4. The summed E-state index contributed by atoms with van der Waals surface area (Å²) in [5, 5.41) is 81.1. The Balaban J connectivity index is 1.59. The van der Waals surface area contributed by atoms with Gasteiger partial charge in [-0.3, -0.25) is 9.59 Å². The SMILES string of the molecule is CC=C1[C@H](O[C@@H]2O[C@H](CO)[C@@H](O)[C@H](O)[C@H]2O)OC=C(C(=O)OC)[C@H]1CC(=O)OCC=C1[C@H](O[C@@H]2O[C@H](CO)[C@@H](O)[C@H](O)[C@H]2O)OC=C(C(=O)OC)[C@H]1CC(=O)OC. The molecule has 0 aromatic rings. The zero-order valence-corrected chi connectivity index (χ0v) is 31.2. The molecule has 0 unspecified atom stereocenters. The number of methoxy groups -OCH3 is 3. The van der Waals surface area contributed by atoms with Gasteiger partial charge in [0.15, 0.2) is 12.6 Å². The third-order valence-electron chi connectivity index (χ3n) is 9.66. The summed E-state index contributed by atoms with van der Waals surface area (Å²) < 4.78 is 53.5. The predicted molar refractivity (Wildman–Crippen MR) is 181 cm³/mol. The summed E-state index contributed by atoms with van der Waals surface area (Å²) in [7, 11) is 3.27. The minimum Gasteiger partial charge on any atom is -0.469 e. The Morgan fingerprint density at radius 2 is 1.07 bits per heavy atom. The number of aliphatic hydroxyl groups excluding tert-OH is 8. The highest BCUT2D eigenvalue weighted by Gasteiger charge is 2.49. The zero-order valence-electron chi connectivity index (χ0n) is 31.2. The van der Waals surface area contributed by atoms with Crippen LogP contribution in [0.2, 0.25) is 0 Å². The molecule has 22 nitrogen and oxygen atoms in total. The second-order valence-electron chi connectivity index (χ2n) is 13.0. The molecule has 0 radical (unpaired) electrons. The zero-order chi connectivity index (χ0) is 42.1. The lowest BCUT2D eigenvalue weighted by molar-refractivity contribution is -0.328. The number of rotatable bonds is 14. The molecule has 14 atom stereocenters. The Hall–Kier alpha value is -4.04. The minimum absolute atomic E-state index is 0.0450. The number of allylic oxidation sites excluding steroid dienone is 1. The average molecular weight is 821 g/mol. The van der Waals surface area contributed by atoms with E-state index in [1.807, 2.05) is 0 Å². The third kappa shape index (κ3) is 10.3. The molecule has 2 saturated heterocycles. The number of carbonyl (C=O) groups excluding carboxylic acids is 4. The van der Waals surface area contributed by atoms with Gasteiger partial charge in [0.05, 0.1) is 71.1 Å². The molecule has 0 spiro atoms. The van der Waals surface area contributed by atoms with Crippen LogP contribution < -0.4 is 0 Å². The number of hydrogen-bond donors (Lipinski definition) is 8. The van der Waals surface area contributed by atoms with Crippen molar-refractivity contribution in [3.05, 3.63) is 47.0 Å². The number of hydrogen-bond acceptors (Lipinski definition) is 22. The van der Waals surface area contributed by atoms with E-state index in [2.05, 4.69) is 0 Å². The van der Waals surface area contributed by atoms with Crippen LogP contribution in [0.25, 0.3) is 0 Å². The van der Waals surface area contributed by atoms with Crippen molar-refractivity contribution < 1.29 is 107 Å². The smallest absolute Gasteiger partial charge is 0.337 e. The van der Waals surface area contributed by atoms with Crippen LogP contribution >= 0.6 is 0 Å². The monoisotopic (exact) mass is 820 g/mol. The molecule has 57 heavy (non-hydrogen) atoms. The van der Waals surface area contributed by atoms with Crippen LogP contribution in [0.4, 0.5) is 0 Å². The lowest BCUT2D eigenvalue weighted by Gasteiger charge is -2.42. The van der Waals surface area contributed by atoms with Crippen LogP contribution in [0.5, 0.6) is 0 Å². The van der Waals surface area contributed by atoms with Crippen LogP contribution in [0, 0.1) is 11.8 Å². The van der Waals surface area contributed by atoms with E-state index in [0.29, 0.717) is 0 Å². The van der Waals surface area contributed by atoms with E-state index in [4.69, 9.17) is 47.4 Å². The highest BCUT2D eigenvalue weighted by Crippen LogP contribution is 2.38. The van der Waals surface area contributed by atoms with Gasteiger partial charge in [0.1, 0.15) is 55.4 Å². The van der Waals surface area contributed by atoms with Crippen molar-refractivity contribution in [1.29, 1.82) is 0 Å². The number of ether oxygens (including phenoxy) is 10. The predicted octanol–water partition coefficient (Wildman–Crippen LogP) is -3.95. The molecule has 0 aromatic heterocycles. The summed E-state index contributed by atoms with van der Waals surface area (Å²) in [5.41, 5.74) is -0.233. The van der Waals surface area contributed by atoms with Crippen molar-refractivity contribution in [3.63, 3.8) is 0 Å². The summed E-state index contributed by atoms with van der Waals surface area (Å²) >= 11 is 0. The normalized spacial score (nSPS) is 36.9. The lowest BCUT2D eigenvalue weighted by Crippen LogP contribution is -2.60. The molecule has 4 aliphatic heterocycles. The summed E-state index contributed by atoms with van der Waals surface area (Å²) in [5.74, 6) is -5.87. The molecule has 4 heterocycles. The average Bonchev–Trinajstić information content (AvgIpc) is 3.21. The Kier molecular flexibility index (Phi) is 16.5. The van der Waals surface area contributed by atoms with E-state index in [0.717, 1.165) is 33.9 Å². The molecule has 0 saturated carbocycles. The molecule has 0 amide bonds. The molecule has 4 rings (SSSR count). The van der Waals surface area contributed by atoms with Crippen LogP contribution in [-0.4, -0.2) is 180 Å². The molecule has 4 aliphatic rings. The largest absolute Gasteiger partial charge is 0.469 e. The summed E-state index contributed by atoms with van der Waals surface area (Å²) in [6.45, 7) is -0.575. The van der Waals surface area contributed by atoms with Crippen molar-refractivity contribution in [3.8, 4) is 0 Å². The fourth-order valence-corrected chi connectivity index (χ4v) is 6.46. The van der Waals surface area contributed by atoms with Gasteiger partial charge in [0.25, 0.3) is 0 Å². The summed E-state index contributed by atoms with van der Waals surface area (Å²) in [6, 6.07) is 0. The van der Waals surface area contributed by atoms with Crippen molar-refractivity contribution in [2.24, 2.45) is 11.8 Å². The molecule has 320 valence electrons. The first kappa shape index (κ1) is 45.7. The van der Waals surface area contributed by atoms with Crippen molar-refractivity contribution in [2.75, 3.05) is 41.2 Å². The van der Waals surface area contributed by atoms with Crippen LogP contribution in [0.1, 0.15) is 19.8 Å². The van der Waals surface area contributed by atoms with Crippen molar-refractivity contribution in [1.82, 2.24) is 0 Å². The summed E-state index contributed by atoms with van der Waals surface area (Å²) in [4.78, 5) is 51.5. The molecule has 0 bridgehead atoms. The quantitative estimate of drug-likeness (QED) is 0.0471. The Morgan fingerprint density at radius 3 is 1.49 bits per heavy atom. The van der Waals surface area contributed by atoms with Gasteiger partial charge >= 0.3 is 23.9 Å². The number of carbonyl (C=O) groups is 4. The molecule has 0 aromatic carbocycles. The standard InChI is InChI=1S/C35H48O22/c1-5-14-16(18(30(46)49-3)12-52-32(14)56-34-28(44)26(42)24(40)20(10-36)54-34)9-23(39)51-7-6-15-17(8-22(38)48-2)19(31(47)50-4)13-53-33(15)57-35-29(45)27(43)25(41)21(11-37)55-35/h5-6,12-13,16-17,20-21,24-29,32-37,40-45H,7-11H2,1-4H3/t16-,17-,20+,21+,24+,25+,26-,27-,28+,29+,32-,33-,34-,35-/m0/s1. The van der Waals surface area contributed by atoms with E-state index in [-0.39, 0.29) is 22.3 Å². The maximum atomic E-state index is 13.4. The molecular weight excluding hydrogens is 772 g/mol. The minimum atomic E-state index is -1.87. The van der Waals surface area contributed by atoms with Gasteiger partial charge in [-0.05, 0) is 13.0 Å². The first-order valence-corrected chi connectivity index (χ1v) is 17.5. The van der Waals surface area contributed by atoms with Crippen molar-refractivity contribution in [2.45, 2.75) is 93.8 Å². The highest BCUT2D eigenvalue weighted by molar-refractivity contribution is 5.91. The number of aliphatic hydroxyl groups is 8. The van der Waals surface area contributed by atoms with E-state index in [1.54, 1.807) is 0 Å². The van der Waals surface area contributed by atoms with Gasteiger partial charge in [-0.2, -0.15) is 0 Å². The van der Waals surface area contributed by atoms with Gasteiger partial charge in [-0.15, -0.1) is 0 Å². The lowest BCUT2D eigenvalue weighted by atomic mass is 9.86. The van der Waals surface area contributed by atoms with E-state index >= 15 is 0 Å². The van der Waals surface area contributed by atoms with Crippen LogP contribution in [-0.2, 0) is 66.5 Å². The fraction of sp³-hybridized carbons (Fsp3) is 0.657. The van der Waals surface area contributed by atoms with E-state index in [9.17, 15) is 60.0 Å². The first-order chi connectivity index (χ1) is 27.1. The van der Waals surface area contributed by atoms with E-state index in [1.165, 1.54) is 19.1 Å². The van der Waals surface area contributed by atoms with Gasteiger partial charge in [0, 0.05) is 23.0 Å². The van der Waals surface area contributed by atoms with E-state index < -0.39 is 142 Å². The topological polar surface area (TPSA) is 322 Å². The van der Waals surface area contributed by atoms with Crippen LogP contribution in [0.3, 0.4) is 0 Å². The second kappa shape index (κ2) is 20.6. The van der Waals surface area contributed by atoms with Gasteiger partial charge < -0.3 is 88.2 Å². The maximum Gasteiger partial charge on any atom is 0.337 e. The van der Waals surface area contributed by atoms with Crippen molar-refractivity contribution >= 4 is 23.9 Å². The van der Waals surface area contributed by atoms with Crippen LogP contribution in [0.15, 0.2) is 47.0 Å². The molecule has 8 N–H and O–H groups in total. The Morgan fingerprint density at radius 1 is 0.632 bits per heavy atom. The Labute approximate surface area is 325 Å². The Bertz CT molecular complexity index is 1550. The molecule has 2 fully saturated rings. The molecule has 0 aliphatic carbocycles. The molecular formula is C35H48O22. The highest BCUT2D eigenvalue weighted by atomic mass is 16.8.